The predicted molar refractivity (Wildman–Crippen MR) is 144 cm³/mol. The van der Waals surface area contributed by atoms with Crippen LogP contribution in [-0.2, 0) is 9.59 Å². The van der Waals surface area contributed by atoms with Crippen LogP contribution in [0.4, 0.5) is 5.69 Å². The van der Waals surface area contributed by atoms with Crippen LogP contribution in [0.25, 0.3) is 22.4 Å². The minimum atomic E-state index is -0.678. The number of imide groups is 1. The van der Waals surface area contributed by atoms with E-state index >= 15 is 0 Å². The number of benzene rings is 3. The molecule has 1 fully saturated rings. The lowest BCUT2D eigenvalue weighted by atomic mass is 9.99. The third kappa shape index (κ3) is 4.84. The fourth-order valence-corrected chi connectivity index (χ4v) is 5.39. The van der Waals surface area contributed by atoms with E-state index in [9.17, 15) is 14.9 Å². The van der Waals surface area contributed by atoms with Gasteiger partial charge in [0.15, 0.2) is 0 Å². The molecule has 0 radical (unpaired) electrons. The Hall–Kier alpha value is -4.41. The number of nitriles is 1. The maximum absolute atomic E-state index is 13.3. The van der Waals surface area contributed by atoms with Gasteiger partial charge in [0.25, 0.3) is 0 Å². The minimum absolute atomic E-state index is 0.0390. The molecule has 1 atom stereocenters. The Balaban J connectivity index is 1.56. The van der Waals surface area contributed by atoms with Crippen molar-refractivity contribution in [3.63, 3.8) is 0 Å². The number of anilines is 1. The summed E-state index contributed by atoms with van der Waals surface area (Å²) in [7, 11) is 1.60. The fraction of sp³-hybridized carbons (Fsp3) is 0.133. The first-order valence-corrected chi connectivity index (χ1v) is 12.6. The van der Waals surface area contributed by atoms with Crippen LogP contribution in [0.2, 0.25) is 0 Å². The molecule has 1 aromatic heterocycles. The lowest BCUT2D eigenvalue weighted by molar-refractivity contribution is -0.121. The maximum Gasteiger partial charge on any atom is 0.247 e. The van der Waals surface area contributed by atoms with Crippen molar-refractivity contribution < 1.29 is 14.3 Å². The van der Waals surface area contributed by atoms with Crippen LogP contribution in [-0.4, -0.2) is 29.2 Å². The number of nitrogens with zero attached hydrogens (tertiary/aromatic N) is 3. The van der Waals surface area contributed by atoms with Crippen molar-refractivity contribution in [3.05, 3.63) is 96.1 Å². The van der Waals surface area contributed by atoms with Crippen molar-refractivity contribution in [1.29, 1.82) is 5.26 Å². The molecular formula is C30H23N3O3S. The smallest absolute Gasteiger partial charge is 0.247 e. The van der Waals surface area contributed by atoms with E-state index in [0.717, 1.165) is 16.7 Å². The normalized spacial score (nSPS) is 15.1. The lowest BCUT2D eigenvalue weighted by Crippen LogP contribution is -2.31. The van der Waals surface area contributed by atoms with E-state index in [0.29, 0.717) is 33.3 Å². The summed E-state index contributed by atoms with van der Waals surface area (Å²) in [6.45, 7) is 1.95. The van der Waals surface area contributed by atoms with Gasteiger partial charge in [-0.1, -0.05) is 71.9 Å². The maximum atomic E-state index is 13.3. The van der Waals surface area contributed by atoms with Gasteiger partial charge in [0.1, 0.15) is 16.8 Å². The number of carbonyl (C=O) groups excluding carboxylic acids is 2. The van der Waals surface area contributed by atoms with Crippen molar-refractivity contribution >= 4 is 29.3 Å². The number of thioether (sulfide) groups is 1. The third-order valence-corrected chi connectivity index (χ3v) is 7.39. The molecule has 2 heterocycles. The summed E-state index contributed by atoms with van der Waals surface area (Å²) < 4.78 is 5.29. The van der Waals surface area contributed by atoms with E-state index in [1.54, 1.807) is 19.2 Å². The van der Waals surface area contributed by atoms with Crippen LogP contribution in [0.1, 0.15) is 17.5 Å². The van der Waals surface area contributed by atoms with Crippen molar-refractivity contribution in [2.24, 2.45) is 0 Å². The van der Waals surface area contributed by atoms with Crippen LogP contribution in [0.15, 0.2) is 90.0 Å². The van der Waals surface area contributed by atoms with Gasteiger partial charge in [0.05, 0.1) is 29.3 Å². The standard InChI is InChI=1S/C30H23N3O3S/c1-19-8-12-22(13-9-19)33-28(34)17-27(30(33)35)37-29-25(18-31)24(20-10-14-23(36-2)15-11-20)16-26(32-29)21-6-4-3-5-7-21/h3-16,27H,17H2,1-2H3. The summed E-state index contributed by atoms with van der Waals surface area (Å²) in [5.74, 6) is 0.139. The highest BCUT2D eigenvalue weighted by Gasteiger charge is 2.41. The summed E-state index contributed by atoms with van der Waals surface area (Å²) >= 11 is 1.17. The molecule has 2 amide bonds. The van der Waals surface area contributed by atoms with E-state index in [1.807, 2.05) is 79.7 Å². The summed E-state index contributed by atoms with van der Waals surface area (Å²) in [5.41, 5.74) is 5.06. The van der Waals surface area contributed by atoms with E-state index in [2.05, 4.69) is 6.07 Å². The second-order valence-electron chi connectivity index (χ2n) is 8.66. The van der Waals surface area contributed by atoms with Crippen LogP contribution < -0.4 is 9.64 Å². The molecule has 1 aliphatic heterocycles. The molecule has 1 unspecified atom stereocenters. The molecule has 4 aromatic rings. The van der Waals surface area contributed by atoms with Crippen molar-refractivity contribution in [2.75, 3.05) is 12.0 Å². The number of rotatable bonds is 6. The molecule has 0 aliphatic carbocycles. The molecule has 6 nitrogen and oxygen atoms in total. The third-order valence-electron chi connectivity index (χ3n) is 6.22. The first-order valence-electron chi connectivity index (χ1n) is 11.7. The number of hydrogen-bond donors (Lipinski definition) is 0. The van der Waals surface area contributed by atoms with Gasteiger partial charge in [0, 0.05) is 17.5 Å². The number of methoxy groups -OCH3 is 1. The van der Waals surface area contributed by atoms with Crippen molar-refractivity contribution in [1.82, 2.24) is 4.98 Å². The fourth-order valence-electron chi connectivity index (χ4n) is 4.27. The molecule has 1 aliphatic rings. The Bertz CT molecular complexity index is 1510. The molecule has 182 valence electrons. The predicted octanol–water partition coefficient (Wildman–Crippen LogP) is 6.03. The Morgan fingerprint density at radius 2 is 1.68 bits per heavy atom. The summed E-state index contributed by atoms with van der Waals surface area (Å²) in [4.78, 5) is 32.2. The monoisotopic (exact) mass is 505 g/mol. The van der Waals surface area contributed by atoms with Gasteiger partial charge in [-0.05, 0) is 42.8 Å². The highest BCUT2D eigenvalue weighted by Crippen LogP contribution is 2.39. The molecule has 37 heavy (non-hydrogen) atoms. The average molecular weight is 506 g/mol. The molecule has 7 heteroatoms. The van der Waals surface area contributed by atoms with Gasteiger partial charge >= 0.3 is 0 Å². The van der Waals surface area contributed by atoms with Gasteiger partial charge in [0.2, 0.25) is 11.8 Å². The number of aromatic nitrogens is 1. The largest absolute Gasteiger partial charge is 0.497 e. The van der Waals surface area contributed by atoms with Crippen LogP contribution in [0.3, 0.4) is 0 Å². The Morgan fingerprint density at radius 1 is 0.973 bits per heavy atom. The molecule has 0 spiro atoms. The zero-order valence-electron chi connectivity index (χ0n) is 20.3. The second kappa shape index (κ2) is 10.3. The summed E-state index contributed by atoms with van der Waals surface area (Å²) in [6.07, 6.45) is 0.0390. The number of aryl methyl sites for hydroxylation is 1. The molecule has 0 N–H and O–H groups in total. The Morgan fingerprint density at radius 3 is 2.32 bits per heavy atom. The van der Waals surface area contributed by atoms with Crippen molar-refractivity contribution in [3.8, 4) is 34.2 Å². The minimum Gasteiger partial charge on any atom is -0.497 e. The lowest BCUT2D eigenvalue weighted by Gasteiger charge is -2.16. The quantitative estimate of drug-likeness (QED) is 0.298. The first kappa shape index (κ1) is 24.3. The van der Waals surface area contributed by atoms with Crippen LogP contribution in [0.5, 0.6) is 5.75 Å². The molecule has 0 saturated carbocycles. The van der Waals surface area contributed by atoms with Crippen LogP contribution in [0, 0.1) is 18.3 Å². The average Bonchev–Trinajstić information content (AvgIpc) is 3.21. The SMILES string of the molecule is COc1ccc(-c2cc(-c3ccccc3)nc(SC3CC(=O)N(c4ccc(C)cc4)C3=O)c2C#N)cc1. The van der Waals surface area contributed by atoms with Gasteiger partial charge < -0.3 is 4.74 Å². The van der Waals surface area contributed by atoms with Crippen molar-refractivity contribution in [2.45, 2.75) is 23.6 Å². The van der Waals surface area contributed by atoms with Gasteiger partial charge in [-0.3, -0.25) is 9.59 Å². The summed E-state index contributed by atoms with van der Waals surface area (Å²) in [6, 6.07) is 28.6. The van der Waals surface area contributed by atoms with Gasteiger partial charge in [-0.2, -0.15) is 5.26 Å². The second-order valence-corrected chi connectivity index (χ2v) is 9.85. The number of pyridine rings is 1. The number of carbonyl (C=O) groups is 2. The molecule has 1 saturated heterocycles. The van der Waals surface area contributed by atoms with Crippen LogP contribution >= 0.6 is 11.8 Å². The van der Waals surface area contributed by atoms with E-state index in [4.69, 9.17) is 9.72 Å². The molecule has 5 rings (SSSR count). The Kier molecular flexibility index (Phi) is 6.76. The molecule has 3 aromatic carbocycles. The van der Waals surface area contributed by atoms with E-state index in [1.165, 1.54) is 16.7 Å². The highest BCUT2D eigenvalue weighted by atomic mass is 32.2. The number of hydrogen-bond acceptors (Lipinski definition) is 6. The molecular weight excluding hydrogens is 482 g/mol. The zero-order valence-corrected chi connectivity index (χ0v) is 21.2. The molecule has 0 bridgehead atoms. The van der Waals surface area contributed by atoms with Gasteiger partial charge in [-0.15, -0.1) is 0 Å². The number of ether oxygens (including phenoxy) is 1. The topological polar surface area (TPSA) is 83.3 Å². The summed E-state index contributed by atoms with van der Waals surface area (Å²) in [5, 5.41) is 9.93. The van der Waals surface area contributed by atoms with Gasteiger partial charge in [-0.25, -0.2) is 9.88 Å². The zero-order chi connectivity index (χ0) is 25.9. The number of amides is 2. The highest BCUT2D eigenvalue weighted by molar-refractivity contribution is 8.00. The van der Waals surface area contributed by atoms with E-state index in [-0.39, 0.29) is 18.2 Å². The Labute approximate surface area is 219 Å². The first-order chi connectivity index (χ1) is 18.0. The van der Waals surface area contributed by atoms with E-state index < -0.39 is 5.25 Å².